The van der Waals surface area contributed by atoms with Gasteiger partial charge in [-0.05, 0) is 71.1 Å². The summed E-state index contributed by atoms with van der Waals surface area (Å²) < 4.78 is 13.9. The van der Waals surface area contributed by atoms with Crippen LogP contribution in [-0.2, 0) is 11.3 Å². The highest BCUT2D eigenvalue weighted by molar-refractivity contribution is 9.10. The molecule has 2 unspecified atom stereocenters. The fraction of sp³-hybridized carbons (Fsp3) is 0.588. The van der Waals surface area contributed by atoms with Gasteiger partial charge in [0.2, 0.25) is 5.91 Å². The first-order valence-electron chi connectivity index (χ1n) is 8.02. The van der Waals surface area contributed by atoms with E-state index in [1.807, 2.05) is 6.07 Å². The van der Waals surface area contributed by atoms with Gasteiger partial charge in [0.15, 0.2) is 0 Å². The Morgan fingerprint density at radius 3 is 2.57 bits per heavy atom. The average Bonchev–Trinajstić information content (AvgIpc) is 2.48. The number of carbonyl (C=O) groups is 1. The Kier molecular flexibility index (Phi) is 6.46. The lowest BCUT2D eigenvalue weighted by Gasteiger charge is -2.43. The number of rotatable bonds is 3. The predicted octanol–water partition coefficient (Wildman–Crippen LogP) is 3.78. The number of hydrogen-bond acceptors (Lipinski definition) is 2. The average molecular weight is 406 g/mol. The molecule has 0 saturated heterocycles. The second-order valence-electron chi connectivity index (χ2n) is 6.66. The molecule has 6 heteroatoms. The highest BCUT2D eigenvalue weighted by Crippen LogP contribution is 2.41. The van der Waals surface area contributed by atoms with Crippen molar-refractivity contribution >= 4 is 34.2 Å². The molecule has 3 N–H and O–H groups in total. The first-order chi connectivity index (χ1) is 10.5. The van der Waals surface area contributed by atoms with Crippen LogP contribution in [0.2, 0.25) is 0 Å². The normalized spacial score (nSPS) is 29.5. The van der Waals surface area contributed by atoms with Gasteiger partial charge in [0.25, 0.3) is 0 Å². The van der Waals surface area contributed by atoms with Crippen LogP contribution in [0, 0.1) is 23.6 Å². The molecule has 0 aliphatic heterocycles. The molecule has 0 heterocycles. The topological polar surface area (TPSA) is 55.1 Å². The zero-order valence-corrected chi connectivity index (χ0v) is 15.3. The maximum atomic E-state index is 13.5. The van der Waals surface area contributed by atoms with Crippen LogP contribution in [0.5, 0.6) is 0 Å². The van der Waals surface area contributed by atoms with Gasteiger partial charge in [0.1, 0.15) is 5.82 Å². The molecule has 2 saturated carbocycles. The van der Waals surface area contributed by atoms with Crippen molar-refractivity contribution in [3.63, 3.8) is 0 Å². The maximum absolute atomic E-state index is 13.5. The minimum atomic E-state index is -0.301. The van der Waals surface area contributed by atoms with Crippen molar-refractivity contribution < 1.29 is 9.18 Å². The van der Waals surface area contributed by atoms with Gasteiger partial charge in [-0.25, -0.2) is 4.39 Å². The van der Waals surface area contributed by atoms with E-state index in [-0.39, 0.29) is 36.1 Å². The molecule has 1 amide bonds. The van der Waals surface area contributed by atoms with E-state index in [4.69, 9.17) is 5.73 Å². The zero-order chi connectivity index (χ0) is 15.7. The van der Waals surface area contributed by atoms with Crippen LogP contribution in [-0.4, -0.2) is 11.9 Å². The predicted molar refractivity (Wildman–Crippen MR) is 94.7 cm³/mol. The van der Waals surface area contributed by atoms with Crippen molar-refractivity contribution in [2.24, 2.45) is 23.5 Å². The molecule has 3 nitrogen and oxygen atoms in total. The lowest BCUT2D eigenvalue weighted by atomic mass is 9.65. The molecule has 0 radical (unpaired) electrons. The highest BCUT2D eigenvalue weighted by Gasteiger charge is 2.40. The summed E-state index contributed by atoms with van der Waals surface area (Å²) in [5.41, 5.74) is 7.04. The number of benzene rings is 1. The van der Waals surface area contributed by atoms with Crippen LogP contribution in [0.25, 0.3) is 0 Å². The molecule has 0 aromatic heterocycles. The molecule has 128 valence electrons. The lowest BCUT2D eigenvalue weighted by Crippen LogP contribution is -2.49. The Balaban J connectivity index is 0.00000192. The molecule has 2 aliphatic rings. The van der Waals surface area contributed by atoms with Crippen molar-refractivity contribution in [1.82, 2.24) is 5.32 Å². The Labute approximate surface area is 151 Å². The van der Waals surface area contributed by atoms with Gasteiger partial charge in [-0.3, -0.25) is 4.79 Å². The van der Waals surface area contributed by atoms with Crippen LogP contribution in [0.15, 0.2) is 22.7 Å². The van der Waals surface area contributed by atoms with Gasteiger partial charge in [-0.2, -0.15) is 0 Å². The highest BCUT2D eigenvalue weighted by atomic mass is 79.9. The Hall–Kier alpha value is -0.650. The van der Waals surface area contributed by atoms with Crippen LogP contribution in [0.4, 0.5) is 4.39 Å². The summed E-state index contributed by atoms with van der Waals surface area (Å²) in [5.74, 6) is 0.842. The van der Waals surface area contributed by atoms with Crippen molar-refractivity contribution in [2.45, 2.75) is 44.7 Å². The smallest absolute Gasteiger partial charge is 0.223 e. The molecule has 2 bridgehead atoms. The molecule has 23 heavy (non-hydrogen) atoms. The summed E-state index contributed by atoms with van der Waals surface area (Å²) >= 11 is 3.13. The summed E-state index contributed by atoms with van der Waals surface area (Å²) in [4.78, 5) is 12.4. The second-order valence-corrected chi connectivity index (χ2v) is 7.52. The lowest BCUT2D eigenvalue weighted by molar-refractivity contribution is -0.128. The number of carbonyl (C=O) groups excluding carboxylic acids is 1. The molecule has 0 spiro atoms. The van der Waals surface area contributed by atoms with Gasteiger partial charge < -0.3 is 11.1 Å². The largest absolute Gasteiger partial charge is 0.352 e. The first-order valence-corrected chi connectivity index (χ1v) is 8.81. The third-order valence-electron chi connectivity index (χ3n) is 5.23. The van der Waals surface area contributed by atoms with Gasteiger partial charge in [0, 0.05) is 18.5 Å². The molecule has 1 aromatic carbocycles. The first kappa shape index (κ1) is 18.7. The van der Waals surface area contributed by atoms with Crippen molar-refractivity contribution in [3.8, 4) is 0 Å². The zero-order valence-electron chi connectivity index (χ0n) is 12.9. The van der Waals surface area contributed by atoms with E-state index in [2.05, 4.69) is 21.2 Å². The Morgan fingerprint density at radius 1 is 1.30 bits per heavy atom. The molecular weight excluding hydrogens is 383 g/mol. The van der Waals surface area contributed by atoms with E-state index in [1.54, 1.807) is 6.07 Å². The molecule has 2 atom stereocenters. The van der Waals surface area contributed by atoms with Crippen molar-refractivity contribution in [2.75, 3.05) is 0 Å². The van der Waals surface area contributed by atoms with Crippen LogP contribution in [0.3, 0.4) is 0 Å². The SMILES string of the molecule is Cl.NC1C2CCCC1CC(C(=O)NCc1ccc(Br)c(F)c1)C2. The summed E-state index contributed by atoms with van der Waals surface area (Å²) in [6.45, 7) is 0.376. The Morgan fingerprint density at radius 2 is 1.96 bits per heavy atom. The van der Waals surface area contributed by atoms with Crippen LogP contribution >= 0.6 is 28.3 Å². The molecule has 1 aromatic rings. The summed E-state index contributed by atoms with van der Waals surface area (Å²) in [7, 11) is 0. The van der Waals surface area contributed by atoms with E-state index in [1.165, 1.54) is 12.5 Å². The molecular formula is C17H23BrClFN2O. The molecule has 3 rings (SSSR count). The van der Waals surface area contributed by atoms with E-state index in [9.17, 15) is 9.18 Å². The number of fused-ring (bicyclic) bond motifs is 2. The monoisotopic (exact) mass is 404 g/mol. The maximum Gasteiger partial charge on any atom is 0.223 e. The number of hydrogen-bond donors (Lipinski definition) is 2. The van der Waals surface area contributed by atoms with E-state index in [0.717, 1.165) is 31.2 Å². The third-order valence-corrected chi connectivity index (χ3v) is 5.88. The van der Waals surface area contributed by atoms with Gasteiger partial charge >= 0.3 is 0 Å². The third kappa shape index (κ3) is 4.25. The van der Waals surface area contributed by atoms with Gasteiger partial charge in [0.05, 0.1) is 4.47 Å². The van der Waals surface area contributed by atoms with Crippen LogP contribution < -0.4 is 11.1 Å². The minimum absolute atomic E-state index is 0. The van der Waals surface area contributed by atoms with Crippen molar-refractivity contribution in [1.29, 1.82) is 0 Å². The van der Waals surface area contributed by atoms with E-state index < -0.39 is 0 Å². The quantitative estimate of drug-likeness (QED) is 0.804. The fourth-order valence-corrected chi connectivity index (χ4v) is 4.23. The Bertz CT molecular complexity index is 558. The fourth-order valence-electron chi connectivity index (χ4n) is 3.99. The summed E-state index contributed by atoms with van der Waals surface area (Å²) in [6, 6.07) is 5.22. The van der Waals surface area contributed by atoms with Gasteiger partial charge in [-0.15, -0.1) is 12.4 Å². The molecule has 2 fully saturated rings. The number of halogens is 3. The van der Waals surface area contributed by atoms with Gasteiger partial charge in [-0.1, -0.05) is 12.5 Å². The minimum Gasteiger partial charge on any atom is -0.352 e. The molecule has 2 aliphatic carbocycles. The summed E-state index contributed by atoms with van der Waals surface area (Å²) in [6.07, 6.45) is 5.35. The summed E-state index contributed by atoms with van der Waals surface area (Å²) in [5, 5.41) is 2.96. The number of nitrogens with two attached hydrogens (primary N) is 1. The van der Waals surface area contributed by atoms with Crippen LogP contribution in [0.1, 0.15) is 37.7 Å². The van der Waals surface area contributed by atoms with E-state index >= 15 is 0 Å². The van der Waals surface area contributed by atoms with Crippen molar-refractivity contribution in [3.05, 3.63) is 34.1 Å². The number of nitrogens with one attached hydrogen (secondary N) is 1. The van der Waals surface area contributed by atoms with E-state index in [0.29, 0.717) is 22.9 Å². The number of amides is 1. The standard InChI is InChI=1S/C17H22BrFN2O.ClH/c18-14-5-4-10(6-15(14)19)9-21-17(22)13-7-11-2-1-3-12(8-13)16(11)20;/h4-6,11-13,16H,1-3,7-9,20H2,(H,21,22);1H. The second kappa shape index (κ2) is 7.95.